The van der Waals surface area contributed by atoms with Gasteiger partial charge in [-0.3, -0.25) is 4.31 Å². The average molecular weight is 410 g/mol. The minimum Gasteiger partial charge on any atom is -0.497 e. The highest BCUT2D eigenvalue weighted by atomic mass is 32.2. The van der Waals surface area contributed by atoms with Gasteiger partial charge in [-0.1, -0.05) is 25.2 Å². The Hall–Kier alpha value is -2.78. The largest absolute Gasteiger partial charge is 0.497 e. The number of rotatable bonds is 6. The van der Waals surface area contributed by atoms with Crippen molar-refractivity contribution in [2.24, 2.45) is 0 Å². The van der Waals surface area contributed by atoms with Crippen molar-refractivity contribution in [3.63, 3.8) is 0 Å². The molecule has 1 aromatic carbocycles. The van der Waals surface area contributed by atoms with Crippen molar-refractivity contribution in [2.45, 2.75) is 33.2 Å². The molecule has 1 atom stereocenters. The minimum absolute atomic E-state index is 0.168. The van der Waals surface area contributed by atoms with Gasteiger partial charge >= 0.3 is 0 Å². The van der Waals surface area contributed by atoms with Gasteiger partial charge in [-0.15, -0.1) is 0 Å². The molecule has 0 aliphatic heterocycles. The molecule has 1 unspecified atom stereocenters. The number of aromatic nitrogens is 1. The summed E-state index contributed by atoms with van der Waals surface area (Å²) < 4.78 is 21.6. The first-order chi connectivity index (χ1) is 13.9. The van der Waals surface area contributed by atoms with E-state index in [0.29, 0.717) is 17.7 Å². The lowest BCUT2D eigenvalue weighted by Crippen LogP contribution is -2.20. The van der Waals surface area contributed by atoms with Crippen LogP contribution in [0, 0.1) is 11.3 Å². The number of allylic oxidation sites excluding steroid dienone is 5. The highest BCUT2D eigenvalue weighted by Crippen LogP contribution is 2.36. The highest BCUT2D eigenvalue weighted by Gasteiger charge is 2.22. The zero-order valence-electron chi connectivity index (χ0n) is 17.6. The topological polar surface area (TPSA) is 58.3 Å². The van der Waals surface area contributed by atoms with E-state index >= 15 is 0 Å². The molecule has 0 amide bonds. The van der Waals surface area contributed by atoms with Gasteiger partial charge in [0.05, 0.1) is 23.9 Å². The zero-order valence-corrected chi connectivity index (χ0v) is 18.4. The summed E-state index contributed by atoms with van der Waals surface area (Å²) in [5, 5.41) is 10.9. The minimum atomic E-state index is -1.05. The number of nitriles is 1. The van der Waals surface area contributed by atoms with E-state index < -0.39 is 11.0 Å². The van der Waals surface area contributed by atoms with Crippen molar-refractivity contribution in [1.29, 1.82) is 5.26 Å². The molecule has 29 heavy (non-hydrogen) atoms. The molecule has 1 aromatic heterocycles. The SMILES string of the molecule is CCS(=O)N(C)C1=CCC=C(c2c(C#N)c3ccc(OC)cc3n2C(C)C)C=C1. The van der Waals surface area contributed by atoms with Crippen LogP contribution in [0.1, 0.15) is 44.5 Å². The molecule has 0 spiro atoms. The molecule has 6 heteroatoms. The first kappa shape index (κ1) is 20.9. The number of hydrogen-bond acceptors (Lipinski definition) is 3. The first-order valence-corrected chi connectivity index (χ1v) is 11.0. The van der Waals surface area contributed by atoms with Crippen LogP contribution in [-0.4, -0.2) is 33.0 Å². The zero-order chi connectivity index (χ0) is 21.1. The lowest BCUT2D eigenvalue weighted by atomic mass is 10.0. The van der Waals surface area contributed by atoms with Gasteiger partial charge in [0, 0.05) is 36.0 Å². The molecule has 0 radical (unpaired) electrons. The number of hydrogen-bond donors (Lipinski definition) is 0. The van der Waals surface area contributed by atoms with Crippen LogP contribution in [0.15, 0.2) is 48.2 Å². The van der Waals surface area contributed by atoms with E-state index in [1.807, 2.05) is 44.3 Å². The fraction of sp³-hybridized carbons (Fsp3) is 0.348. The predicted molar refractivity (Wildman–Crippen MR) is 120 cm³/mol. The molecular formula is C23H27N3O2S. The molecule has 1 aliphatic rings. The number of methoxy groups -OCH3 is 1. The van der Waals surface area contributed by atoms with E-state index in [9.17, 15) is 9.47 Å². The molecule has 3 rings (SSSR count). The molecule has 5 nitrogen and oxygen atoms in total. The Balaban J connectivity index is 2.15. The molecule has 0 N–H and O–H groups in total. The summed E-state index contributed by atoms with van der Waals surface area (Å²) in [5.41, 5.74) is 4.48. The molecule has 0 saturated carbocycles. The molecule has 0 saturated heterocycles. The number of likely N-dealkylation sites (N-methyl/N-ethyl adjacent to an activating group) is 1. The Morgan fingerprint density at radius 2 is 2.07 bits per heavy atom. The van der Waals surface area contributed by atoms with E-state index in [2.05, 4.69) is 36.6 Å². The number of ether oxygens (including phenoxy) is 1. The van der Waals surface area contributed by atoms with Gasteiger partial charge in [0.15, 0.2) is 0 Å². The Labute approximate surface area is 175 Å². The summed E-state index contributed by atoms with van der Waals surface area (Å²) in [6, 6.07) is 8.42. The van der Waals surface area contributed by atoms with Crippen LogP contribution >= 0.6 is 0 Å². The van der Waals surface area contributed by atoms with Crippen molar-refractivity contribution in [2.75, 3.05) is 19.9 Å². The van der Waals surface area contributed by atoms with Crippen molar-refractivity contribution < 1.29 is 8.95 Å². The summed E-state index contributed by atoms with van der Waals surface area (Å²) >= 11 is 0. The lowest BCUT2D eigenvalue weighted by Gasteiger charge is -2.18. The summed E-state index contributed by atoms with van der Waals surface area (Å²) in [6.07, 6.45) is 8.90. The average Bonchev–Trinajstić information content (AvgIpc) is 2.86. The van der Waals surface area contributed by atoms with Crippen molar-refractivity contribution in [3.05, 3.63) is 59.5 Å². The second kappa shape index (κ2) is 8.71. The first-order valence-electron chi connectivity index (χ1n) is 9.75. The summed E-state index contributed by atoms with van der Waals surface area (Å²) in [7, 11) is 2.45. The van der Waals surface area contributed by atoms with Gasteiger partial charge in [-0.05, 0) is 44.1 Å². The van der Waals surface area contributed by atoms with E-state index in [0.717, 1.165) is 33.6 Å². The van der Waals surface area contributed by atoms with Crippen LogP contribution in [0.3, 0.4) is 0 Å². The third-order valence-corrected chi connectivity index (χ3v) is 6.44. The van der Waals surface area contributed by atoms with Gasteiger partial charge < -0.3 is 9.30 Å². The number of nitrogens with zero attached hydrogens (tertiary/aromatic N) is 3. The van der Waals surface area contributed by atoms with Crippen LogP contribution in [0.4, 0.5) is 0 Å². The molecule has 0 bridgehead atoms. The van der Waals surface area contributed by atoms with Crippen LogP contribution in [0.2, 0.25) is 0 Å². The molecule has 1 aliphatic carbocycles. The second-order valence-electron chi connectivity index (χ2n) is 7.15. The molecule has 0 fully saturated rings. The van der Waals surface area contributed by atoms with E-state index in [1.165, 1.54) is 0 Å². The van der Waals surface area contributed by atoms with Crippen LogP contribution in [0.5, 0.6) is 5.75 Å². The smallest absolute Gasteiger partial charge is 0.120 e. The van der Waals surface area contributed by atoms with Crippen LogP contribution in [0.25, 0.3) is 16.5 Å². The third kappa shape index (κ3) is 3.88. The maximum Gasteiger partial charge on any atom is 0.120 e. The van der Waals surface area contributed by atoms with Crippen LogP contribution in [-0.2, 0) is 11.0 Å². The fourth-order valence-corrected chi connectivity index (χ4v) is 4.45. The van der Waals surface area contributed by atoms with Gasteiger partial charge in [0.2, 0.25) is 0 Å². The summed E-state index contributed by atoms with van der Waals surface area (Å²) in [6.45, 7) is 6.14. The monoisotopic (exact) mass is 409 g/mol. The van der Waals surface area contributed by atoms with Crippen molar-refractivity contribution in [3.8, 4) is 11.8 Å². The molecule has 1 heterocycles. The quantitative estimate of drug-likeness (QED) is 0.679. The molecule has 152 valence electrons. The van der Waals surface area contributed by atoms with Crippen molar-refractivity contribution in [1.82, 2.24) is 8.87 Å². The summed E-state index contributed by atoms with van der Waals surface area (Å²) in [5.74, 6) is 1.34. The molecule has 2 aromatic rings. The Kier molecular flexibility index (Phi) is 6.29. The highest BCUT2D eigenvalue weighted by molar-refractivity contribution is 7.82. The lowest BCUT2D eigenvalue weighted by molar-refractivity contribution is 0.415. The van der Waals surface area contributed by atoms with Gasteiger partial charge in [0.1, 0.15) is 22.8 Å². The standard InChI is InChI=1S/C23H27N3O2S/c1-6-29(27)25(4)18-9-7-8-17(10-11-18)23-21(15-24)20-13-12-19(28-5)14-22(20)26(23)16(2)3/h8-14,16H,6-7H2,1-5H3. The predicted octanol–water partition coefficient (Wildman–Crippen LogP) is 4.95. The Bertz CT molecular complexity index is 1080. The van der Waals surface area contributed by atoms with E-state index in [1.54, 1.807) is 11.4 Å². The van der Waals surface area contributed by atoms with E-state index in [-0.39, 0.29) is 6.04 Å². The van der Waals surface area contributed by atoms with Gasteiger partial charge in [-0.25, -0.2) is 4.21 Å². The van der Waals surface area contributed by atoms with E-state index in [4.69, 9.17) is 4.74 Å². The fourth-order valence-electron chi connectivity index (χ4n) is 3.69. The second-order valence-corrected chi connectivity index (χ2v) is 8.92. The Morgan fingerprint density at radius 3 is 2.69 bits per heavy atom. The number of fused-ring (bicyclic) bond motifs is 1. The summed E-state index contributed by atoms with van der Waals surface area (Å²) in [4.78, 5) is 0. The van der Waals surface area contributed by atoms with Gasteiger partial charge in [0.25, 0.3) is 0 Å². The number of benzene rings is 1. The normalized spacial score (nSPS) is 14.9. The van der Waals surface area contributed by atoms with Crippen LogP contribution < -0.4 is 4.74 Å². The Morgan fingerprint density at radius 1 is 1.31 bits per heavy atom. The van der Waals surface area contributed by atoms with Crippen molar-refractivity contribution >= 4 is 27.5 Å². The third-order valence-electron chi connectivity index (χ3n) is 5.13. The maximum absolute atomic E-state index is 12.2. The van der Waals surface area contributed by atoms with Gasteiger partial charge in [-0.2, -0.15) is 5.26 Å². The molecular weight excluding hydrogens is 382 g/mol. The maximum atomic E-state index is 12.2.